The second-order valence-corrected chi connectivity index (χ2v) is 8.10. The number of H-pyrrole nitrogens is 1. The minimum Gasteiger partial charge on any atom is -0.354 e. The average molecular weight is 443 g/mol. The van der Waals surface area contributed by atoms with Crippen LogP contribution in [0, 0.1) is 11.8 Å². The van der Waals surface area contributed by atoms with E-state index in [4.69, 9.17) is 0 Å². The molecule has 4 nitrogen and oxygen atoms in total. The SMILES string of the molecule is CCN(CC)N=Nc1ccc(C#Cc2ccc(-c3cccc4c3[nH]c3ccccc34)cc2)cc1. The van der Waals surface area contributed by atoms with Gasteiger partial charge in [-0.25, -0.2) is 0 Å². The van der Waals surface area contributed by atoms with Gasteiger partial charge in [0.2, 0.25) is 0 Å². The molecule has 0 spiro atoms. The summed E-state index contributed by atoms with van der Waals surface area (Å²) in [4.78, 5) is 3.59. The zero-order chi connectivity index (χ0) is 23.3. The van der Waals surface area contributed by atoms with E-state index >= 15 is 0 Å². The van der Waals surface area contributed by atoms with Crippen molar-refractivity contribution < 1.29 is 0 Å². The van der Waals surface area contributed by atoms with Gasteiger partial charge in [0, 0.05) is 46.1 Å². The summed E-state index contributed by atoms with van der Waals surface area (Å²) in [6.45, 7) is 5.82. The quantitative estimate of drug-likeness (QED) is 0.169. The topological polar surface area (TPSA) is 43.8 Å². The Labute approximate surface area is 199 Å². The standard InChI is InChI=1S/C30H26N4/c1-3-34(4-2)33-32-25-20-16-23(17-21-25)13-12-22-14-18-24(19-15-22)26-9-7-10-28-27-8-5-6-11-29(27)31-30(26)28/h5-11,14-21,31H,3-4H2,1-2H3. The van der Waals surface area contributed by atoms with Crippen LogP contribution in [0.15, 0.2) is 101 Å². The molecule has 1 heterocycles. The fraction of sp³-hybridized carbons (Fsp3) is 0.133. The fourth-order valence-electron chi connectivity index (χ4n) is 4.07. The van der Waals surface area contributed by atoms with Crippen LogP contribution in [0.25, 0.3) is 32.9 Å². The normalized spacial score (nSPS) is 11.1. The zero-order valence-electron chi connectivity index (χ0n) is 19.4. The molecule has 0 saturated heterocycles. The Morgan fingerprint density at radius 2 is 1.35 bits per heavy atom. The Balaban J connectivity index is 1.35. The first-order valence-corrected chi connectivity index (χ1v) is 11.6. The minimum absolute atomic E-state index is 0.827. The van der Waals surface area contributed by atoms with Crippen LogP contribution in [0.1, 0.15) is 25.0 Å². The van der Waals surface area contributed by atoms with Crippen LogP contribution in [-0.2, 0) is 0 Å². The van der Waals surface area contributed by atoms with Crippen LogP contribution in [0.5, 0.6) is 0 Å². The van der Waals surface area contributed by atoms with Crippen molar-refractivity contribution in [2.24, 2.45) is 10.3 Å². The first kappa shape index (κ1) is 21.5. The number of aromatic nitrogens is 1. The number of benzene rings is 4. The monoisotopic (exact) mass is 442 g/mol. The van der Waals surface area contributed by atoms with Crippen molar-refractivity contribution >= 4 is 27.5 Å². The Hall–Kier alpha value is -4.36. The molecule has 166 valence electrons. The highest BCUT2D eigenvalue weighted by Gasteiger charge is 2.09. The maximum atomic E-state index is 4.28. The van der Waals surface area contributed by atoms with Crippen LogP contribution in [0.3, 0.4) is 0 Å². The van der Waals surface area contributed by atoms with E-state index in [1.807, 2.05) is 29.3 Å². The number of rotatable bonds is 5. The highest BCUT2D eigenvalue weighted by atomic mass is 15.5. The van der Waals surface area contributed by atoms with E-state index in [-0.39, 0.29) is 0 Å². The van der Waals surface area contributed by atoms with Crippen molar-refractivity contribution in [3.05, 3.63) is 102 Å². The Bertz CT molecular complexity index is 1510. The lowest BCUT2D eigenvalue weighted by Gasteiger charge is -2.10. The van der Waals surface area contributed by atoms with Gasteiger partial charge in [0.15, 0.2) is 0 Å². The van der Waals surface area contributed by atoms with Crippen LogP contribution in [-0.4, -0.2) is 23.1 Å². The molecule has 4 aromatic carbocycles. The first-order valence-electron chi connectivity index (χ1n) is 11.6. The van der Waals surface area contributed by atoms with E-state index in [9.17, 15) is 0 Å². The largest absolute Gasteiger partial charge is 0.354 e. The van der Waals surface area contributed by atoms with Gasteiger partial charge in [0.25, 0.3) is 0 Å². The first-order chi connectivity index (χ1) is 16.7. The fourth-order valence-corrected chi connectivity index (χ4v) is 4.07. The molecule has 0 aliphatic heterocycles. The number of fused-ring (bicyclic) bond motifs is 3. The van der Waals surface area contributed by atoms with E-state index < -0.39 is 0 Å². The van der Waals surface area contributed by atoms with Crippen LogP contribution < -0.4 is 0 Å². The summed E-state index contributed by atoms with van der Waals surface area (Å²) in [5.41, 5.74) is 7.46. The third-order valence-corrected chi connectivity index (χ3v) is 5.97. The molecule has 0 aliphatic rings. The van der Waals surface area contributed by atoms with E-state index in [1.54, 1.807) is 0 Å². The summed E-state index contributed by atoms with van der Waals surface area (Å²) in [5.74, 6) is 6.51. The van der Waals surface area contributed by atoms with Crippen molar-refractivity contribution in [2.45, 2.75) is 13.8 Å². The van der Waals surface area contributed by atoms with Gasteiger partial charge in [0.05, 0.1) is 11.2 Å². The van der Waals surface area contributed by atoms with Crippen molar-refractivity contribution in [2.75, 3.05) is 13.1 Å². The van der Waals surface area contributed by atoms with Crippen molar-refractivity contribution in [1.29, 1.82) is 0 Å². The van der Waals surface area contributed by atoms with E-state index in [0.717, 1.165) is 35.4 Å². The van der Waals surface area contributed by atoms with E-state index in [1.165, 1.54) is 27.4 Å². The van der Waals surface area contributed by atoms with Gasteiger partial charge in [-0.05, 0) is 61.9 Å². The molecule has 5 rings (SSSR count). The summed E-state index contributed by atoms with van der Waals surface area (Å²) in [6.07, 6.45) is 0. The van der Waals surface area contributed by atoms with Crippen molar-refractivity contribution in [3.8, 4) is 23.0 Å². The predicted molar refractivity (Wildman–Crippen MR) is 141 cm³/mol. The lowest BCUT2D eigenvalue weighted by molar-refractivity contribution is 0.301. The molecule has 0 fully saturated rings. The highest BCUT2D eigenvalue weighted by Crippen LogP contribution is 2.33. The molecule has 0 amide bonds. The van der Waals surface area contributed by atoms with Gasteiger partial charge in [-0.1, -0.05) is 65.6 Å². The molecular weight excluding hydrogens is 416 g/mol. The lowest BCUT2D eigenvalue weighted by atomic mass is 10.0. The molecule has 5 aromatic rings. The van der Waals surface area contributed by atoms with Gasteiger partial charge >= 0.3 is 0 Å². The second kappa shape index (κ2) is 9.64. The summed E-state index contributed by atoms with van der Waals surface area (Å²) in [7, 11) is 0. The number of para-hydroxylation sites is 2. The highest BCUT2D eigenvalue weighted by molar-refractivity contribution is 6.11. The van der Waals surface area contributed by atoms with Crippen LogP contribution >= 0.6 is 0 Å². The van der Waals surface area contributed by atoms with Gasteiger partial charge < -0.3 is 4.98 Å². The van der Waals surface area contributed by atoms with Gasteiger partial charge in [0.1, 0.15) is 0 Å². The molecule has 4 heteroatoms. The number of hydrogen-bond donors (Lipinski definition) is 1. The Morgan fingerprint density at radius 1 is 0.706 bits per heavy atom. The average Bonchev–Trinajstić information content (AvgIpc) is 3.28. The number of aromatic amines is 1. The lowest BCUT2D eigenvalue weighted by Crippen LogP contribution is -2.14. The summed E-state index contributed by atoms with van der Waals surface area (Å²) < 4.78 is 0. The molecular formula is C30H26N4. The second-order valence-electron chi connectivity index (χ2n) is 8.10. The van der Waals surface area contributed by atoms with Gasteiger partial charge in [-0.3, -0.25) is 5.01 Å². The molecule has 0 unspecified atom stereocenters. The minimum atomic E-state index is 0.827. The van der Waals surface area contributed by atoms with Crippen molar-refractivity contribution in [3.63, 3.8) is 0 Å². The van der Waals surface area contributed by atoms with E-state index in [0.29, 0.717) is 0 Å². The number of hydrogen-bond acceptors (Lipinski definition) is 2. The Morgan fingerprint density at radius 3 is 2.06 bits per heavy atom. The summed E-state index contributed by atoms with van der Waals surface area (Å²) in [6, 6.07) is 31.2. The van der Waals surface area contributed by atoms with Crippen molar-refractivity contribution in [1.82, 2.24) is 9.99 Å². The third-order valence-electron chi connectivity index (χ3n) is 5.97. The number of nitrogens with zero attached hydrogens (tertiary/aromatic N) is 3. The van der Waals surface area contributed by atoms with E-state index in [2.05, 4.69) is 108 Å². The maximum absolute atomic E-state index is 4.28. The van der Waals surface area contributed by atoms with Crippen LogP contribution in [0.4, 0.5) is 5.69 Å². The smallest absolute Gasteiger partial charge is 0.0875 e. The number of nitrogens with one attached hydrogen (secondary N) is 1. The van der Waals surface area contributed by atoms with Gasteiger partial charge in [-0.2, -0.15) is 0 Å². The van der Waals surface area contributed by atoms with Crippen LogP contribution in [0.2, 0.25) is 0 Å². The maximum Gasteiger partial charge on any atom is 0.0875 e. The molecule has 0 saturated carbocycles. The molecule has 1 aromatic heterocycles. The molecule has 0 aliphatic carbocycles. The molecule has 0 radical (unpaired) electrons. The molecule has 0 bridgehead atoms. The molecule has 0 atom stereocenters. The summed E-state index contributed by atoms with van der Waals surface area (Å²) in [5, 5.41) is 12.9. The summed E-state index contributed by atoms with van der Waals surface area (Å²) >= 11 is 0. The Kier molecular flexibility index (Phi) is 6.09. The zero-order valence-corrected chi connectivity index (χ0v) is 19.4. The predicted octanol–water partition coefficient (Wildman–Crippen LogP) is 7.73. The third kappa shape index (κ3) is 4.42. The van der Waals surface area contributed by atoms with Gasteiger partial charge in [-0.15, -0.1) is 5.11 Å². The molecule has 1 N–H and O–H groups in total. The molecule has 34 heavy (non-hydrogen) atoms.